The van der Waals surface area contributed by atoms with E-state index in [2.05, 4.69) is 25.8 Å². The molecule has 0 aliphatic heterocycles. The molecule has 150 valence electrons. The van der Waals surface area contributed by atoms with Crippen LogP contribution in [0.3, 0.4) is 0 Å². The lowest BCUT2D eigenvalue weighted by molar-refractivity contribution is -0.117. The van der Waals surface area contributed by atoms with Crippen molar-refractivity contribution in [3.05, 3.63) is 64.0 Å². The predicted octanol–water partition coefficient (Wildman–Crippen LogP) is 2.70. The van der Waals surface area contributed by atoms with E-state index in [-0.39, 0.29) is 23.3 Å². The molecule has 10 heteroatoms. The molecule has 0 aliphatic rings. The number of hydrogen-bond acceptors (Lipinski definition) is 7. The molecule has 0 unspecified atom stereocenters. The minimum absolute atomic E-state index is 0.131. The number of benzene rings is 1. The number of amides is 2. The van der Waals surface area contributed by atoms with Crippen molar-refractivity contribution in [2.75, 3.05) is 24.2 Å². The minimum atomic E-state index is -0.425. The lowest BCUT2D eigenvalue weighted by Gasteiger charge is -2.14. The number of likely N-dealkylation sites (N-methyl/N-ethyl adjacent to an activating group) is 1. The molecule has 0 saturated heterocycles. The second-order valence-electron chi connectivity index (χ2n) is 6.40. The monoisotopic (exact) mass is 414 g/mol. The van der Waals surface area contributed by atoms with Crippen LogP contribution < -0.4 is 10.6 Å². The summed E-state index contributed by atoms with van der Waals surface area (Å²) in [6, 6.07) is 9.08. The van der Waals surface area contributed by atoms with E-state index in [1.54, 1.807) is 24.2 Å². The number of rotatable bonds is 7. The third-order valence-electron chi connectivity index (χ3n) is 3.76. The molecule has 2 N–H and O–H groups in total. The van der Waals surface area contributed by atoms with Crippen LogP contribution in [0.1, 0.15) is 20.4 Å². The van der Waals surface area contributed by atoms with Gasteiger partial charge in [0.1, 0.15) is 16.6 Å². The Kier molecular flexibility index (Phi) is 6.57. The summed E-state index contributed by atoms with van der Waals surface area (Å²) < 4.78 is 12.9. The van der Waals surface area contributed by atoms with E-state index in [0.29, 0.717) is 23.1 Å². The van der Waals surface area contributed by atoms with Gasteiger partial charge in [-0.2, -0.15) is 0 Å². The Labute approximate surface area is 170 Å². The molecule has 0 fully saturated rings. The lowest BCUT2D eigenvalue weighted by atomic mass is 10.3. The first kappa shape index (κ1) is 20.5. The molecule has 0 aliphatic carbocycles. The highest BCUT2D eigenvalue weighted by molar-refractivity contribution is 7.13. The zero-order valence-corrected chi connectivity index (χ0v) is 16.7. The average Bonchev–Trinajstić information content (AvgIpc) is 3.12. The maximum atomic E-state index is 12.9. The summed E-state index contributed by atoms with van der Waals surface area (Å²) in [6.07, 6.45) is 1.63. The number of carbonyl (C=O) groups excluding carboxylic acids is 2. The van der Waals surface area contributed by atoms with Crippen molar-refractivity contribution in [2.24, 2.45) is 0 Å². The Hall–Kier alpha value is -3.24. The molecule has 3 rings (SSSR count). The molecule has 3 aromatic rings. The first-order valence-corrected chi connectivity index (χ1v) is 9.51. The van der Waals surface area contributed by atoms with E-state index < -0.39 is 5.91 Å². The Bertz CT molecular complexity index is 1010. The van der Waals surface area contributed by atoms with Crippen LogP contribution in [-0.2, 0) is 11.3 Å². The molecule has 29 heavy (non-hydrogen) atoms. The fourth-order valence-corrected chi connectivity index (χ4v) is 3.26. The van der Waals surface area contributed by atoms with Crippen molar-refractivity contribution in [1.29, 1.82) is 0 Å². The van der Waals surface area contributed by atoms with Gasteiger partial charge in [-0.3, -0.25) is 14.5 Å². The summed E-state index contributed by atoms with van der Waals surface area (Å²) in [4.78, 5) is 30.2. The predicted molar refractivity (Wildman–Crippen MR) is 108 cm³/mol. The Morgan fingerprint density at radius 3 is 2.62 bits per heavy atom. The molecule has 1 aromatic carbocycles. The highest BCUT2D eigenvalue weighted by Crippen LogP contribution is 2.15. The van der Waals surface area contributed by atoms with Crippen molar-refractivity contribution in [2.45, 2.75) is 13.5 Å². The van der Waals surface area contributed by atoms with Gasteiger partial charge in [0.05, 0.1) is 13.1 Å². The molecule has 8 nitrogen and oxygen atoms in total. The van der Waals surface area contributed by atoms with Gasteiger partial charge in [0, 0.05) is 11.9 Å². The zero-order valence-electron chi connectivity index (χ0n) is 15.8. The Balaban J connectivity index is 1.51. The SMILES string of the molecule is Cc1ccnc(NC(=O)CN(C)Cc2nnc(C(=O)Nc3ccc(F)cc3)s2)c1. The summed E-state index contributed by atoms with van der Waals surface area (Å²) >= 11 is 1.13. The van der Waals surface area contributed by atoms with Crippen LogP contribution in [0, 0.1) is 12.7 Å². The number of aromatic nitrogens is 3. The third-order valence-corrected chi connectivity index (χ3v) is 4.67. The quantitative estimate of drug-likeness (QED) is 0.617. The molecule has 2 amide bonds. The number of anilines is 2. The van der Waals surface area contributed by atoms with E-state index in [1.807, 2.05) is 13.0 Å². The number of halogens is 1. The van der Waals surface area contributed by atoms with Crippen LogP contribution in [0.2, 0.25) is 0 Å². The minimum Gasteiger partial charge on any atom is -0.320 e. The van der Waals surface area contributed by atoms with Crippen LogP contribution in [0.5, 0.6) is 0 Å². The molecular formula is C19H19FN6O2S. The van der Waals surface area contributed by atoms with Gasteiger partial charge in [0.25, 0.3) is 5.91 Å². The van der Waals surface area contributed by atoms with Gasteiger partial charge >= 0.3 is 0 Å². The lowest BCUT2D eigenvalue weighted by Crippen LogP contribution is -2.30. The summed E-state index contributed by atoms with van der Waals surface area (Å²) in [5.74, 6) is -0.513. The van der Waals surface area contributed by atoms with E-state index in [9.17, 15) is 14.0 Å². The van der Waals surface area contributed by atoms with Crippen LogP contribution >= 0.6 is 11.3 Å². The van der Waals surface area contributed by atoms with Gasteiger partial charge in [-0.15, -0.1) is 10.2 Å². The summed E-state index contributed by atoms with van der Waals surface area (Å²) in [5, 5.41) is 14.0. The van der Waals surface area contributed by atoms with Crippen LogP contribution in [-0.4, -0.2) is 45.5 Å². The van der Waals surface area contributed by atoms with Gasteiger partial charge in [-0.1, -0.05) is 11.3 Å². The van der Waals surface area contributed by atoms with Gasteiger partial charge < -0.3 is 10.6 Å². The van der Waals surface area contributed by atoms with Crippen LogP contribution in [0.25, 0.3) is 0 Å². The van der Waals surface area contributed by atoms with Gasteiger partial charge in [0.15, 0.2) is 0 Å². The van der Waals surface area contributed by atoms with E-state index in [0.717, 1.165) is 16.9 Å². The first-order chi connectivity index (χ1) is 13.9. The average molecular weight is 414 g/mol. The van der Waals surface area contributed by atoms with Gasteiger partial charge in [-0.25, -0.2) is 9.37 Å². The maximum Gasteiger partial charge on any atom is 0.286 e. The number of nitrogens with zero attached hydrogens (tertiary/aromatic N) is 4. The van der Waals surface area contributed by atoms with Gasteiger partial charge in [0.2, 0.25) is 10.9 Å². The van der Waals surface area contributed by atoms with E-state index in [4.69, 9.17) is 0 Å². The Morgan fingerprint density at radius 2 is 1.90 bits per heavy atom. The third kappa shape index (κ3) is 6.13. The number of nitrogens with one attached hydrogen (secondary N) is 2. The molecule has 0 saturated carbocycles. The number of hydrogen-bond donors (Lipinski definition) is 2. The molecule has 0 atom stereocenters. The summed E-state index contributed by atoms with van der Waals surface area (Å²) in [5.41, 5.74) is 1.47. The second kappa shape index (κ2) is 9.30. The second-order valence-corrected chi connectivity index (χ2v) is 7.46. The van der Waals surface area contributed by atoms with E-state index in [1.165, 1.54) is 24.3 Å². The maximum absolute atomic E-state index is 12.9. The smallest absolute Gasteiger partial charge is 0.286 e. The fraction of sp³-hybridized carbons (Fsp3) is 0.211. The van der Waals surface area contributed by atoms with E-state index >= 15 is 0 Å². The molecular weight excluding hydrogens is 395 g/mol. The summed E-state index contributed by atoms with van der Waals surface area (Å²) in [6.45, 7) is 2.41. The molecule has 0 bridgehead atoms. The molecule has 2 aromatic heterocycles. The highest BCUT2D eigenvalue weighted by atomic mass is 32.1. The van der Waals surface area contributed by atoms with Crippen LogP contribution in [0.15, 0.2) is 42.6 Å². The topological polar surface area (TPSA) is 100 Å². The molecule has 0 radical (unpaired) electrons. The van der Waals surface area contributed by atoms with Crippen molar-refractivity contribution in [1.82, 2.24) is 20.1 Å². The Morgan fingerprint density at radius 1 is 1.14 bits per heavy atom. The van der Waals surface area contributed by atoms with Gasteiger partial charge in [-0.05, 0) is 55.9 Å². The molecule has 2 heterocycles. The molecule has 0 spiro atoms. The standard InChI is InChI=1S/C19H19FN6O2S/c1-12-7-8-21-15(9-12)23-16(27)10-26(2)11-17-24-25-19(29-17)18(28)22-14-5-3-13(20)4-6-14/h3-9H,10-11H2,1-2H3,(H,22,28)(H,21,23,27). The largest absolute Gasteiger partial charge is 0.320 e. The van der Waals surface area contributed by atoms with Crippen molar-refractivity contribution >= 4 is 34.7 Å². The first-order valence-electron chi connectivity index (χ1n) is 8.69. The van der Waals surface area contributed by atoms with Crippen LogP contribution in [0.4, 0.5) is 15.9 Å². The number of carbonyl (C=O) groups is 2. The summed E-state index contributed by atoms with van der Waals surface area (Å²) in [7, 11) is 1.77. The zero-order chi connectivity index (χ0) is 20.8. The fourth-order valence-electron chi connectivity index (χ4n) is 2.45. The van der Waals surface area contributed by atoms with Crippen molar-refractivity contribution in [3.63, 3.8) is 0 Å². The normalized spacial score (nSPS) is 10.8. The van der Waals surface area contributed by atoms with Crippen molar-refractivity contribution < 1.29 is 14.0 Å². The number of aryl methyl sites for hydroxylation is 1. The highest BCUT2D eigenvalue weighted by Gasteiger charge is 2.15. The number of pyridine rings is 1. The van der Waals surface area contributed by atoms with Crippen molar-refractivity contribution in [3.8, 4) is 0 Å².